The Hall–Kier alpha value is -5.45. The molecule has 0 radical (unpaired) electrons. The fourth-order valence-corrected chi connectivity index (χ4v) is 12.5. The van der Waals surface area contributed by atoms with Crippen molar-refractivity contribution in [2.24, 2.45) is 17.6 Å². The Labute approximate surface area is 531 Å². The van der Waals surface area contributed by atoms with E-state index in [1.165, 1.54) is 26.0 Å². The largest absolute Gasteiger partial charge is 0.481 e. The zero-order chi connectivity index (χ0) is 65.4. The van der Waals surface area contributed by atoms with Crippen LogP contribution < -0.4 is 21.7 Å². The number of carboxylic acid groups (broad SMARTS) is 1. The fraction of sp³-hybridized carbons (Fsp3) is 0.641. The van der Waals surface area contributed by atoms with Crippen LogP contribution in [0.5, 0.6) is 0 Å². The van der Waals surface area contributed by atoms with Gasteiger partial charge in [0.1, 0.15) is 59.5 Å². The summed E-state index contributed by atoms with van der Waals surface area (Å²) in [4.78, 5) is 72.4. The standard InChI is InChI=1S/C36H51N3O9S2.C26H40N2O7.C2H4O2/c1-22(10-13-30-23(2)17-29(26(5)47-30)39-32(41)15-12-24(3)46-27(6)40)11-14-31-34(42)36(21-45-36)18-28(48-31)19-38-35(43)44-20-25(4)49-50-33-9-7-8-16-37-33;1-16-12-21(28-24(30)11-10-17(2)33-19(4)29)18(3)34-22(16)8-6-5-7-9-23-25(31)26(15-32-26)13-20(14-27)35-23;1-2(3)4/h7-12,14-16,23-26,28-31,34,42H,13,17-21H2,1-6H3,(H,38,43)(H,39,41);5-7,9-11,16-18,20-23,25,31H,8,12-15,27H2,1-4H3,(H,28,30);1H3,(H,3,4)/b14-11+,15-12-,22-10+;6-5+,9-7+,11-10-;/t23-,24-,25+,26+,28-,29+,30-,31+,34+,36+;16-,17-,18+,20-,21+,22-,23+,25+,26+;/m00./s1. The van der Waals surface area contributed by atoms with E-state index >= 15 is 0 Å². The molecule has 0 saturated carbocycles. The number of aliphatic hydroxyl groups is 2. The molecule has 1 aromatic heterocycles. The summed E-state index contributed by atoms with van der Waals surface area (Å²) in [6.07, 6.45) is 20.6. The predicted molar refractivity (Wildman–Crippen MR) is 336 cm³/mol. The van der Waals surface area contributed by atoms with Crippen molar-refractivity contribution in [3.63, 3.8) is 0 Å². The maximum absolute atomic E-state index is 12.4. The number of ether oxygens (including phenoxy) is 9. The van der Waals surface area contributed by atoms with Gasteiger partial charge < -0.3 is 79.6 Å². The summed E-state index contributed by atoms with van der Waals surface area (Å²) in [6, 6.07) is 5.50. The van der Waals surface area contributed by atoms with Crippen molar-refractivity contribution in [1.82, 2.24) is 20.9 Å². The third-order valence-corrected chi connectivity index (χ3v) is 18.4. The third-order valence-electron chi connectivity index (χ3n) is 15.7. The van der Waals surface area contributed by atoms with Crippen LogP contribution in [-0.2, 0) is 66.6 Å². The van der Waals surface area contributed by atoms with Crippen LogP contribution in [0.3, 0.4) is 0 Å². The number of allylic oxidation sites excluding steroid dienone is 4. The lowest BCUT2D eigenvalue weighted by Gasteiger charge is -2.39. The zero-order valence-electron chi connectivity index (χ0n) is 53.1. The van der Waals surface area contributed by atoms with Gasteiger partial charge in [0.15, 0.2) is 0 Å². The molecule has 0 aromatic carbocycles. The second-order valence-electron chi connectivity index (χ2n) is 23.7. The third kappa shape index (κ3) is 26.0. The van der Waals surface area contributed by atoms with Gasteiger partial charge in [0, 0.05) is 70.3 Å². The normalized spacial score (nSPS) is 32.7. The van der Waals surface area contributed by atoms with Crippen molar-refractivity contribution in [2.45, 2.75) is 221 Å². The van der Waals surface area contributed by atoms with Crippen molar-refractivity contribution in [3.05, 3.63) is 96.8 Å². The van der Waals surface area contributed by atoms with E-state index in [1.54, 1.807) is 53.8 Å². The lowest BCUT2D eigenvalue weighted by molar-refractivity contribution is -0.144. The van der Waals surface area contributed by atoms with E-state index in [-0.39, 0.29) is 96.7 Å². The first kappa shape index (κ1) is 74.3. The number of amides is 3. The van der Waals surface area contributed by atoms with E-state index in [2.05, 4.69) is 40.9 Å². The molecule has 7 rings (SSSR count). The second-order valence-corrected chi connectivity index (χ2v) is 26.4. The number of hydrogen-bond donors (Lipinski definition) is 7. The molecule has 496 valence electrons. The molecular formula is C64H95N5O18S2. The number of nitrogens with zero attached hydrogens (tertiary/aromatic N) is 1. The Kier molecular flexibility index (Phi) is 30.5. The van der Waals surface area contributed by atoms with Crippen molar-refractivity contribution in [3.8, 4) is 0 Å². The van der Waals surface area contributed by atoms with E-state index in [1.807, 2.05) is 82.4 Å². The summed E-state index contributed by atoms with van der Waals surface area (Å²) in [5.41, 5.74) is 5.60. The molecule has 6 saturated heterocycles. The minimum Gasteiger partial charge on any atom is -0.481 e. The lowest BCUT2D eigenvalue weighted by atomic mass is 9.87. The number of aliphatic carboxylic acids is 1. The molecule has 7 heterocycles. The summed E-state index contributed by atoms with van der Waals surface area (Å²) in [5.74, 6) is -1.64. The summed E-state index contributed by atoms with van der Waals surface area (Å²) >= 11 is 0. The SMILES string of the molecule is CC(=O)O.CC(=O)O[C@@H](C)/C=C\C(=O)N[C@@H]1C[C@H](C)[C@H](C/C=C(C)/C=C/[C@H]2O[C@H](CNC(=O)OC[C@@H](C)SSc3ccccn3)C[C@@]3(CO3)[C@@H]2O)O[C@@H]1C.CC(=O)O[C@@H](C)/C=C\C(=O)N[C@@H]1C[C@H](C)[C@H](C/C=C/C=C/[C@H]2O[C@H](CN)C[C@@]3(CO3)[C@@H]2O)O[C@@H]1C. The first-order valence-electron chi connectivity index (χ1n) is 30.5. The van der Waals surface area contributed by atoms with Crippen molar-refractivity contribution < 1.29 is 86.7 Å². The molecule has 3 amide bonds. The Morgan fingerprint density at radius 2 is 1.26 bits per heavy atom. The van der Waals surface area contributed by atoms with E-state index in [4.69, 9.17) is 58.3 Å². The fourth-order valence-electron chi connectivity index (χ4n) is 10.6. The number of esters is 2. The van der Waals surface area contributed by atoms with Crippen LogP contribution in [0.1, 0.15) is 115 Å². The number of aliphatic hydroxyl groups excluding tert-OH is 2. The number of carboxylic acids is 1. The Balaban J connectivity index is 0.000000322. The van der Waals surface area contributed by atoms with Crippen LogP contribution >= 0.6 is 21.6 Å². The zero-order valence-corrected chi connectivity index (χ0v) is 54.7. The smallest absolute Gasteiger partial charge is 0.407 e. The molecule has 6 aliphatic heterocycles. The predicted octanol–water partition coefficient (Wildman–Crippen LogP) is 6.55. The molecule has 0 aliphatic carbocycles. The Bertz CT molecular complexity index is 2630. The maximum Gasteiger partial charge on any atom is 0.407 e. The van der Waals surface area contributed by atoms with Gasteiger partial charge in [-0.05, 0) is 114 Å². The number of rotatable bonds is 24. The van der Waals surface area contributed by atoms with Crippen molar-refractivity contribution in [1.29, 1.82) is 0 Å². The topological polar surface area (TPSA) is 328 Å². The van der Waals surface area contributed by atoms with Crippen LogP contribution in [0.4, 0.5) is 4.79 Å². The number of epoxide rings is 2. The molecule has 25 heteroatoms. The first-order valence-corrected chi connectivity index (χ1v) is 32.7. The summed E-state index contributed by atoms with van der Waals surface area (Å²) in [5, 5.41) is 38.7. The number of alkyl carbamates (subject to hydrolysis) is 1. The number of nitrogens with two attached hydrogens (primary N) is 1. The first-order chi connectivity index (χ1) is 42.2. The van der Waals surface area contributed by atoms with Crippen molar-refractivity contribution in [2.75, 3.05) is 32.9 Å². The van der Waals surface area contributed by atoms with Gasteiger partial charge in [-0.25, -0.2) is 9.78 Å². The van der Waals surface area contributed by atoms with Gasteiger partial charge in [-0.3, -0.25) is 24.0 Å². The van der Waals surface area contributed by atoms with Crippen LogP contribution in [0.15, 0.2) is 102 Å². The molecule has 8 N–H and O–H groups in total. The van der Waals surface area contributed by atoms with Gasteiger partial charge in [0.05, 0.1) is 61.9 Å². The van der Waals surface area contributed by atoms with E-state index in [0.29, 0.717) is 39.0 Å². The quantitative estimate of drug-likeness (QED) is 0.0144. The van der Waals surface area contributed by atoms with Gasteiger partial charge in [-0.1, -0.05) is 78.8 Å². The highest BCUT2D eigenvalue weighted by Gasteiger charge is 2.59. The molecule has 19 atom stereocenters. The number of aromatic nitrogens is 1. The summed E-state index contributed by atoms with van der Waals surface area (Å²) in [6.45, 7) is 21.1. The van der Waals surface area contributed by atoms with Gasteiger partial charge in [-0.2, -0.15) is 0 Å². The van der Waals surface area contributed by atoms with Gasteiger partial charge >= 0.3 is 18.0 Å². The van der Waals surface area contributed by atoms with Crippen LogP contribution in [0, 0.1) is 11.8 Å². The maximum atomic E-state index is 12.4. The molecule has 1 aromatic rings. The number of nitrogens with one attached hydrogen (secondary N) is 3. The van der Waals surface area contributed by atoms with Crippen molar-refractivity contribution >= 4 is 57.4 Å². The molecule has 0 bridgehead atoms. The van der Waals surface area contributed by atoms with E-state index < -0.39 is 65.9 Å². The lowest BCUT2D eigenvalue weighted by Crippen LogP contribution is -2.52. The highest BCUT2D eigenvalue weighted by atomic mass is 33.1. The molecule has 6 fully saturated rings. The second kappa shape index (κ2) is 36.6. The minimum atomic E-state index is -0.833. The number of carbonyl (C=O) groups excluding carboxylic acids is 5. The molecular weight excluding hydrogens is 1190 g/mol. The Morgan fingerprint density at radius 3 is 1.76 bits per heavy atom. The summed E-state index contributed by atoms with van der Waals surface area (Å²) < 4.78 is 51.2. The monoisotopic (exact) mass is 1290 g/mol. The van der Waals surface area contributed by atoms with Gasteiger partial charge in [0.2, 0.25) is 11.8 Å². The van der Waals surface area contributed by atoms with Gasteiger partial charge in [-0.15, -0.1) is 0 Å². The molecule has 6 aliphatic rings. The minimum absolute atomic E-state index is 0.0166. The van der Waals surface area contributed by atoms with E-state index in [9.17, 15) is 34.2 Å². The highest BCUT2D eigenvalue weighted by molar-refractivity contribution is 8.76. The van der Waals surface area contributed by atoms with E-state index in [0.717, 1.165) is 36.8 Å². The average molecular weight is 1290 g/mol. The van der Waals surface area contributed by atoms with Crippen LogP contribution in [-0.4, -0.2) is 191 Å². The van der Waals surface area contributed by atoms with Gasteiger partial charge in [0.25, 0.3) is 5.97 Å². The van der Waals surface area contributed by atoms with Crippen LogP contribution in [0.25, 0.3) is 0 Å². The number of pyridine rings is 1. The highest BCUT2D eigenvalue weighted by Crippen LogP contribution is 2.44. The molecule has 2 spiro atoms. The Morgan fingerprint density at radius 1 is 0.742 bits per heavy atom. The molecule has 23 nitrogen and oxygen atoms in total. The molecule has 0 unspecified atom stereocenters. The average Bonchev–Trinajstić information content (AvgIpc) is 1.66. The van der Waals surface area contributed by atoms with Crippen LogP contribution in [0.2, 0.25) is 0 Å². The summed E-state index contributed by atoms with van der Waals surface area (Å²) in [7, 11) is 3.13. The number of carbonyl (C=O) groups is 6. The molecule has 89 heavy (non-hydrogen) atoms. The number of hydrogen-bond acceptors (Lipinski definition) is 21.